The van der Waals surface area contributed by atoms with Gasteiger partial charge in [-0.15, -0.1) is 15.9 Å². The number of hydrogen-bond acceptors (Lipinski definition) is 7. The molecule has 3 aromatic heterocycles. The molecule has 5 rings (SSSR count). The molecule has 0 aliphatic heterocycles. The number of thioether (sulfide) groups is 1. The maximum atomic E-state index is 12.3. The van der Waals surface area contributed by atoms with Gasteiger partial charge in [-0.05, 0) is 30.7 Å². The summed E-state index contributed by atoms with van der Waals surface area (Å²) in [7, 11) is 0. The van der Waals surface area contributed by atoms with E-state index in [1.807, 2.05) is 48.5 Å². The fraction of sp³-hybridized carbons (Fsp3) is 0.130. The summed E-state index contributed by atoms with van der Waals surface area (Å²) >= 11 is 3.07. The van der Waals surface area contributed by atoms with Crippen LogP contribution < -0.4 is 10.9 Å². The van der Waals surface area contributed by atoms with Crippen LogP contribution in [0.15, 0.2) is 74.3 Å². The van der Waals surface area contributed by atoms with Gasteiger partial charge in [0.15, 0.2) is 9.99 Å². The fourth-order valence-electron chi connectivity index (χ4n) is 3.31. The van der Waals surface area contributed by atoms with Crippen molar-refractivity contribution in [1.29, 1.82) is 0 Å². The minimum absolute atomic E-state index is 0.0584. The van der Waals surface area contributed by atoms with Crippen molar-refractivity contribution >= 4 is 50.6 Å². The SMILES string of the molecule is Cc1cc2nc(CSc3nc4ccc(NC(=O)Cc5ccccc5)cc4s3)cc(=O)n2o1. The van der Waals surface area contributed by atoms with E-state index >= 15 is 0 Å². The topological polar surface area (TPSA) is 89.5 Å². The molecular formula is C23H18N4O3S2. The lowest BCUT2D eigenvalue weighted by Crippen LogP contribution is -2.14. The second kappa shape index (κ2) is 8.60. The van der Waals surface area contributed by atoms with Crippen LogP contribution in [0, 0.1) is 6.92 Å². The fourth-order valence-corrected chi connectivity index (χ4v) is 5.31. The second-order valence-electron chi connectivity index (χ2n) is 7.25. The lowest BCUT2D eigenvalue weighted by molar-refractivity contribution is -0.115. The number of amides is 1. The van der Waals surface area contributed by atoms with Crippen LogP contribution in [0.1, 0.15) is 17.0 Å². The number of rotatable bonds is 6. The zero-order valence-corrected chi connectivity index (χ0v) is 18.7. The average Bonchev–Trinajstić information content (AvgIpc) is 3.35. The van der Waals surface area contributed by atoms with Crippen molar-refractivity contribution in [2.45, 2.75) is 23.4 Å². The van der Waals surface area contributed by atoms with Gasteiger partial charge in [-0.3, -0.25) is 9.59 Å². The van der Waals surface area contributed by atoms with Crippen molar-refractivity contribution in [3.05, 3.63) is 88.0 Å². The number of aryl methyl sites for hydroxylation is 1. The molecule has 0 spiro atoms. The maximum Gasteiger partial charge on any atom is 0.287 e. The van der Waals surface area contributed by atoms with Gasteiger partial charge < -0.3 is 9.84 Å². The van der Waals surface area contributed by atoms with Crippen molar-refractivity contribution < 1.29 is 9.32 Å². The zero-order chi connectivity index (χ0) is 22.1. The summed E-state index contributed by atoms with van der Waals surface area (Å²) in [6.07, 6.45) is 0.330. The summed E-state index contributed by atoms with van der Waals surface area (Å²) in [4.78, 5) is 33.6. The standard InChI is InChI=1S/C23H18N4O3S2/c1-14-9-20-24-17(12-22(29)27(20)30-14)13-31-23-26-18-8-7-16(11-19(18)32-23)25-21(28)10-15-5-3-2-4-6-15/h2-9,11-12H,10,13H2,1H3,(H,25,28). The van der Waals surface area contributed by atoms with E-state index in [9.17, 15) is 9.59 Å². The van der Waals surface area contributed by atoms with E-state index in [1.54, 1.807) is 24.3 Å². The summed E-state index contributed by atoms with van der Waals surface area (Å²) in [6.45, 7) is 1.78. The molecule has 0 bridgehead atoms. The number of thiazole rings is 1. The van der Waals surface area contributed by atoms with Gasteiger partial charge in [-0.25, -0.2) is 9.97 Å². The highest BCUT2D eigenvalue weighted by Gasteiger charge is 2.11. The molecule has 9 heteroatoms. The monoisotopic (exact) mass is 462 g/mol. The van der Waals surface area contributed by atoms with Crippen LogP contribution in [-0.2, 0) is 17.0 Å². The predicted molar refractivity (Wildman–Crippen MR) is 126 cm³/mol. The van der Waals surface area contributed by atoms with Gasteiger partial charge in [0.05, 0.1) is 22.3 Å². The number of anilines is 1. The molecule has 0 radical (unpaired) electrons. The maximum absolute atomic E-state index is 12.3. The molecule has 0 saturated heterocycles. The Hall–Kier alpha value is -3.43. The van der Waals surface area contributed by atoms with Crippen LogP contribution in [0.4, 0.5) is 5.69 Å². The molecule has 5 aromatic rings. The minimum atomic E-state index is -0.237. The molecular weight excluding hydrogens is 444 g/mol. The molecule has 0 fully saturated rings. The first-order chi connectivity index (χ1) is 15.5. The first-order valence-electron chi connectivity index (χ1n) is 9.90. The van der Waals surface area contributed by atoms with E-state index in [1.165, 1.54) is 22.4 Å². The Morgan fingerprint density at radius 1 is 1.12 bits per heavy atom. The quantitative estimate of drug-likeness (QED) is 0.369. The van der Waals surface area contributed by atoms with Gasteiger partial charge in [-0.2, -0.15) is 0 Å². The van der Waals surface area contributed by atoms with E-state index < -0.39 is 0 Å². The third-order valence-electron chi connectivity index (χ3n) is 4.73. The van der Waals surface area contributed by atoms with Gasteiger partial charge in [0.1, 0.15) is 5.76 Å². The average molecular weight is 463 g/mol. The van der Waals surface area contributed by atoms with Gasteiger partial charge in [0.2, 0.25) is 5.91 Å². The Bertz CT molecular complexity index is 1490. The summed E-state index contributed by atoms with van der Waals surface area (Å²) < 4.78 is 8.37. The number of carbonyl (C=O) groups is 1. The van der Waals surface area contributed by atoms with E-state index in [0.29, 0.717) is 29.3 Å². The number of benzene rings is 2. The number of fused-ring (bicyclic) bond motifs is 2. The van der Waals surface area contributed by atoms with Crippen molar-refractivity contribution in [3.63, 3.8) is 0 Å². The number of aromatic nitrogens is 3. The van der Waals surface area contributed by atoms with Gasteiger partial charge >= 0.3 is 0 Å². The largest absolute Gasteiger partial charge is 0.375 e. The Morgan fingerprint density at radius 2 is 1.97 bits per heavy atom. The van der Waals surface area contributed by atoms with Crippen LogP contribution in [0.25, 0.3) is 15.9 Å². The van der Waals surface area contributed by atoms with Crippen LogP contribution in [0.5, 0.6) is 0 Å². The summed E-state index contributed by atoms with van der Waals surface area (Å²) in [5.74, 6) is 1.10. The predicted octanol–water partition coefficient (Wildman–Crippen LogP) is 4.68. The summed E-state index contributed by atoms with van der Waals surface area (Å²) in [5.41, 5.74) is 3.53. The minimum Gasteiger partial charge on any atom is -0.375 e. The van der Waals surface area contributed by atoms with Gasteiger partial charge in [0.25, 0.3) is 5.56 Å². The van der Waals surface area contributed by atoms with Crippen LogP contribution >= 0.6 is 23.1 Å². The molecule has 7 nitrogen and oxygen atoms in total. The summed E-state index contributed by atoms with van der Waals surface area (Å²) in [5, 5.41) is 2.95. The Morgan fingerprint density at radius 3 is 2.81 bits per heavy atom. The molecule has 3 heterocycles. The molecule has 160 valence electrons. The third-order valence-corrected chi connectivity index (χ3v) is 6.92. The Balaban J connectivity index is 1.28. The van der Waals surface area contributed by atoms with Crippen molar-refractivity contribution in [2.24, 2.45) is 0 Å². The van der Waals surface area contributed by atoms with Crippen LogP contribution in [-0.4, -0.2) is 20.4 Å². The molecule has 0 aliphatic rings. The highest BCUT2D eigenvalue weighted by Crippen LogP contribution is 2.32. The number of carbonyl (C=O) groups excluding carboxylic acids is 1. The van der Waals surface area contributed by atoms with Crippen molar-refractivity contribution in [1.82, 2.24) is 14.5 Å². The Kier molecular flexibility index (Phi) is 5.50. The van der Waals surface area contributed by atoms with E-state index in [0.717, 1.165) is 25.8 Å². The number of nitrogens with one attached hydrogen (secondary N) is 1. The number of nitrogens with zero attached hydrogens (tertiary/aromatic N) is 3. The molecule has 1 amide bonds. The van der Waals surface area contributed by atoms with Crippen molar-refractivity contribution in [2.75, 3.05) is 5.32 Å². The lowest BCUT2D eigenvalue weighted by Gasteiger charge is -2.05. The van der Waals surface area contributed by atoms with E-state index in [-0.39, 0.29) is 11.5 Å². The lowest BCUT2D eigenvalue weighted by atomic mass is 10.1. The number of hydrogen-bond donors (Lipinski definition) is 1. The van der Waals surface area contributed by atoms with E-state index in [2.05, 4.69) is 15.3 Å². The first kappa shape index (κ1) is 20.5. The summed E-state index contributed by atoms with van der Waals surface area (Å²) in [6, 6.07) is 18.6. The molecule has 0 unspecified atom stereocenters. The Labute approximate surface area is 191 Å². The molecule has 0 aliphatic carbocycles. The zero-order valence-electron chi connectivity index (χ0n) is 17.1. The first-order valence-corrected chi connectivity index (χ1v) is 11.7. The van der Waals surface area contributed by atoms with E-state index in [4.69, 9.17) is 4.52 Å². The second-order valence-corrected chi connectivity index (χ2v) is 9.50. The van der Waals surface area contributed by atoms with Crippen LogP contribution in [0.3, 0.4) is 0 Å². The highest BCUT2D eigenvalue weighted by atomic mass is 32.2. The molecule has 32 heavy (non-hydrogen) atoms. The highest BCUT2D eigenvalue weighted by molar-refractivity contribution is 8.00. The van der Waals surface area contributed by atoms with Crippen molar-refractivity contribution in [3.8, 4) is 0 Å². The third kappa shape index (κ3) is 4.44. The smallest absolute Gasteiger partial charge is 0.287 e. The van der Waals surface area contributed by atoms with Crippen LogP contribution in [0.2, 0.25) is 0 Å². The molecule has 2 aromatic carbocycles. The molecule has 0 atom stereocenters. The normalized spacial score (nSPS) is 11.3. The van der Waals surface area contributed by atoms with Gasteiger partial charge in [-0.1, -0.05) is 42.1 Å². The van der Waals surface area contributed by atoms with Gasteiger partial charge in [0, 0.05) is 23.6 Å². The molecule has 1 N–H and O–H groups in total. The molecule has 0 saturated carbocycles.